The van der Waals surface area contributed by atoms with Gasteiger partial charge in [-0.25, -0.2) is 0 Å². The maximum atomic E-state index is 12.2. The molecule has 1 aromatic heterocycles. The third kappa shape index (κ3) is 4.00. The van der Waals surface area contributed by atoms with E-state index in [0.29, 0.717) is 5.69 Å². The summed E-state index contributed by atoms with van der Waals surface area (Å²) in [5.74, 6) is 0.746. The van der Waals surface area contributed by atoms with Crippen molar-refractivity contribution in [3.8, 4) is 5.75 Å². The van der Waals surface area contributed by atoms with E-state index in [-0.39, 0.29) is 11.9 Å². The van der Waals surface area contributed by atoms with Crippen molar-refractivity contribution in [2.45, 2.75) is 45.6 Å². The van der Waals surface area contributed by atoms with E-state index in [9.17, 15) is 4.79 Å². The van der Waals surface area contributed by atoms with Gasteiger partial charge in [-0.1, -0.05) is 26.2 Å². The molecule has 114 valence electrons. The maximum absolute atomic E-state index is 12.2. The fourth-order valence-electron chi connectivity index (χ4n) is 2.43. The number of amides is 1. The number of ether oxygens (including phenoxy) is 1. The van der Waals surface area contributed by atoms with E-state index < -0.39 is 0 Å². The first-order valence-corrected chi connectivity index (χ1v) is 7.61. The fraction of sp³-hybridized carbons (Fsp3) is 0.471. The van der Waals surface area contributed by atoms with Crippen molar-refractivity contribution in [2.75, 3.05) is 7.11 Å². The van der Waals surface area contributed by atoms with Gasteiger partial charge in [-0.05, 0) is 37.6 Å². The molecular weight excluding hydrogens is 264 g/mol. The minimum Gasteiger partial charge on any atom is -0.497 e. The van der Waals surface area contributed by atoms with Crippen LogP contribution in [0.4, 0.5) is 0 Å². The summed E-state index contributed by atoms with van der Waals surface area (Å²) in [7, 11) is 1.64. The van der Waals surface area contributed by atoms with Crippen LogP contribution in [-0.2, 0) is 0 Å². The second-order valence-electron chi connectivity index (χ2n) is 5.51. The molecule has 0 unspecified atom stereocenters. The van der Waals surface area contributed by atoms with Crippen LogP contribution in [0.5, 0.6) is 5.75 Å². The Kier molecular flexibility index (Phi) is 5.26. The molecule has 2 aromatic rings. The number of aromatic nitrogens is 1. The predicted molar refractivity (Wildman–Crippen MR) is 85.9 cm³/mol. The summed E-state index contributed by atoms with van der Waals surface area (Å²) in [4.78, 5) is 15.4. The molecule has 4 nitrogen and oxygen atoms in total. The Morgan fingerprint density at radius 1 is 1.33 bits per heavy atom. The zero-order valence-electron chi connectivity index (χ0n) is 13.0. The van der Waals surface area contributed by atoms with Crippen LogP contribution in [0.2, 0.25) is 0 Å². The number of unbranched alkanes of at least 4 members (excludes halogenated alkanes) is 2. The quantitative estimate of drug-likeness (QED) is 0.760. The lowest BCUT2D eigenvalue weighted by Gasteiger charge is -2.12. The number of carbonyl (C=O) groups is 1. The van der Waals surface area contributed by atoms with Gasteiger partial charge in [0.2, 0.25) is 0 Å². The van der Waals surface area contributed by atoms with Crippen molar-refractivity contribution in [1.82, 2.24) is 10.3 Å². The molecule has 21 heavy (non-hydrogen) atoms. The molecule has 0 aliphatic heterocycles. The van der Waals surface area contributed by atoms with Crippen LogP contribution < -0.4 is 10.1 Å². The standard InChI is InChI=1S/C17H24N2O2/c1-4-5-6-7-12(2)18-17(20)16-11-13-10-14(21-3)8-9-15(13)19-16/h8-12,19H,4-7H2,1-3H3,(H,18,20)/t12-/m1/s1. The molecule has 1 atom stereocenters. The molecule has 0 bridgehead atoms. The molecule has 0 saturated heterocycles. The smallest absolute Gasteiger partial charge is 0.267 e. The van der Waals surface area contributed by atoms with E-state index in [2.05, 4.69) is 24.1 Å². The first-order chi connectivity index (χ1) is 10.1. The van der Waals surface area contributed by atoms with Crippen LogP contribution in [0.1, 0.15) is 50.0 Å². The van der Waals surface area contributed by atoms with Crippen LogP contribution in [0.25, 0.3) is 10.9 Å². The molecule has 2 N–H and O–H groups in total. The Labute approximate surface area is 125 Å². The van der Waals surface area contributed by atoms with Gasteiger partial charge >= 0.3 is 0 Å². The lowest BCUT2D eigenvalue weighted by atomic mass is 10.1. The lowest BCUT2D eigenvalue weighted by Crippen LogP contribution is -2.32. The highest BCUT2D eigenvalue weighted by Crippen LogP contribution is 2.21. The van der Waals surface area contributed by atoms with Gasteiger partial charge in [0.25, 0.3) is 5.91 Å². The van der Waals surface area contributed by atoms with E-state index in [0.717, 1.165) is 29.5 Å². The zero-order valence-corrected chi connectivity index (χ0v) is 13.0. The molecular formula is C17H24N2O2. The molecule has 1 amide bonds. The first-order valence-electron chi connectivity index (χ1n) is 7.61. The van der Waals surface area contributed by atoms with Gasteiger partial charge in [0, 0.05) is 16.9 Å². The SMILES string of the molecule is CCCCC[C@@H](C)NC(=O)c1cc2cc(OC)ccc2[nH]1. The summed E-state index contributed by atoms with van der Waals surface area (Å²) < 4.78 is 5.20. The zero-order chi connectivity index (χ0) is 15.2. The molecule has 0 aliphatic rings. The van der Waals surface area contributed by atoms with Gasteiger partial charge in [0.05, 0.1) is 7.11 Å². The number of nitrogens with one attached hydrogen (secondary N) is 2. The van der Waals surface area contributed by atoms with Crippen LogP contribution >= 0.6 is 0 Å². The van der Waals surface area contributed by atoms with Gasteiger partial charge in [0.15, 0.2) is 0 Å². The van der Waals surface area contributed by atoms with Crippen molar-refractivity contribution in [3.63, 3.8) is 0 Å². The first kappa shape index (κ1) is 15.4. The Morgan fingerprint density at radius 3 is 2.86 bits per heavy atom. The predicted octanol–water partition coefficient (Wildman–Crippen LogP) is 3.88. The van der Waals surface area contributed by atoms with Crippen LogP contribution in [0.15, 0.2) is 24.3 Å². The highest BCUT2D eigenvalue weighted by molar-refractivity contribution is 5.98. The molecule has 2 rings (SSSR count). The monoisotopic (exact) mass is 288 g/mol. The molecule has 0 saturated carbocycles. The van der Waals surface area contributed by atoms with Gasteiger partial charge < -0.3 is 15.0 Å². The van der Waals surface area contributed by atoms with E-state index >= 15 is 0 Å². The van der Waals surface area contributed by atoms with Crippen molar-refractivity contribution >= 4 is 16.8 Å². The van der Waals surface area contributed by atoms with Crippen LogP contribution in [0, 0.1) is 0 Å². The Balaban J connectivity index is 2.02. The van der Waals surface area contributed by atoms with Crippen LogP contribution in [-0.4, -0.2) is 24.0 Å². The number of methoxy groups -OCH3 is 1. The third-order valence-electron chi connectivity index (χ3n) is 3.69. The third-order valence-corrected chi connectivity index (χ3v) is 3.69. The number of carbonyl (C=O) groups excluding carboxylic acids is 1. The lowest BCUT2D eigenvalue weighted by molar-refractivity contribution is 0.0933. The normalized spacial score (nSPS) is 12.3. The van der Waals surface area contributed by atoms with E-state index in [1.165, 1.54) is 12.8 Å². The second-order valence-corrected chi connectivity index (χ2v) is 5.51. The number of hydrogen-bond donors (Lipinski definition) is 2. The number of fused-ring (bicyclic) bond motifs is 1. The molecule has 1 heterocycles. The number of aromatic amines is 1. The summed E-state index contributed by atoms with van der Waals surface area (Å²) in [6.07, 6.45) is 4.59. The average Bonchev–Trinajstić information content (AvgIpc) is 2.90. The number of hydrogen-bond acceptors (Lipinski definition) is 2. The largest absolute Gasteiger partial charge is 0.497 e. The number of rotatable bonds is 7. The number of benzene rings is 1. The van der Waals surface area contributed by atoms with Crippen molar-refractivity contribution < 1.29 is 9.53 Å². The van der Waals surface area contributed by atoms with Crippen molar-refractivity contribution in [3.05, 3.63) is 30.0 Å². The van der Waals surface area contributed by atoms with Crippen molar-refractivity contribution in [1.29, 1.82) is 0 Å². The molecule has 4 heteroatoms. The molecule has 0 radical (unpaired) electrons. The van der Waals surface area contributed by atoms with Gasteiger partial charge in [-0.15, -0.1) is 0 Å². The minimum absolute atomic E-state index is 0.0471. The molecule has 0 spiro atoms. The Morgan fingerprint density at radius 2 is 2.14 bits per heavy atom. The summed E-state index contributed by atoms with van der Waals surface area (Å²) in [6.45, 7) is 4.24. The topological polar surface area (TPSA) is 54.1 Å². The summed E-state index contributed by atoms with van der Waals surface area (Å²) in [6, 6.07) is 7.80. The summed E-state index contributed by atoms with van der Waals surface area (Å²) in [5, 5.41) is 4.03. The molecule has 0 aliphatic carbocycles. The molecule has 1 aromatic carbocycles. The van der Waals surface area contributed by atoms with Crippen LogP contribution in [0.3, 0.4) is 0 Å². The van der Waals surface area contributed by atoms with Gasteiger partial charge in [-0.2, -0.15) is 0 Å². The number of H-pyrrole nitrogens is 1. The fourth-order valence-corrected chi connectivity index (χ4v) is 2.43. The highest BCUT2D eigenvalue weighted by atomic mass is 16.5. The van der Waals surface area contributed by atoms with E-state index in [4.69, 9.17) is 4.74 Å². The van der Waals surface area contributed by atoms with Gasteiger partial charge in [0.1, 0.15) is 11.4 Å². The second kappa shape index (κ2) is 7.16. The highest BCUT2D eigenvalue weighted by Gasteiger charge is 2.12. The Hall–Kier alpha value is -1.97. The average molecular weight is 288 g/mol. The summed E-state index contributed by atoms with van der Waals surface area (Å²) in [5.41, 5.74) is 1.54. The van der Waals surface area contributed by atoms with E-state index in [1.807, 2.05) is 24.3 Å². The Bertz CT molecular complexity index is 604. The molecule has 0 fully saturated rings. The maximum Gasteiger partial charge on any atom is 0.267 e. The minimum atomic E-state index is -0.0471. The van der Waals surface area contributed by atoms with Gasteiger partial charge in [-0.3, -0.25) is 4.79 Å². The summed E-state index contributed by atoms with van der Waals surface area (Å²) >= 11 is 0. The van der Waals surface area contributed by atoms with Crippen molar-refractivity contribution in [2.24, 2.45) is 0 Å². The van der Waals surface area contributed by atoms with E-state index in [1.54, 1.807) is 7.11 Å².